The van der Waals surface area contributed by atoms with Crippen LogP contribution in [0.15, 0.2) is 48.8 Å². The van der Waals surface area contributed by atoms with E-state index in [0.29, 0.717) is 12.2 Å². The Kier molecular flexibility index (Phi) is 6.51. The Morgan fingerprint density at radius 1 is 1.20 bits per heavy atom. The monoisotopic (exact) mass is 340 g/mol. The van der Waals surface area contributed by atoms with Gasteiger partial charge in [-0.3, -0.25) is 9.78 Å². The number of benzene rings is 1. The maximum Gasteiger partial charge on any atom is 0.319 e. The van der Waals surface area contributed by atoms with Crippen LogP contribution in [0.1, 0.15) is 37.4 Å². The highest BCUT2D eigenvalue weighted by Crippen LogP contribution is 2.16. The van der Waals surface area contributed by atoms with Crippen LogP contribution in [0.4, 0.5) is 10.5 Å². The van der Waals surface area contributed by atoms with E-state index < -0.39 is 0 Å². The fraction of sp³-hybridized carbons (Fsp3) is 0.316. The number of amides is 3. The number of aromatic nitrogens is 1. The first-order chi connectivity index (χ1) is 12.0. The van der Waals surface area contributed by atoms with E-state index in [0.717, 1.165) is 17.5 Å². The molecule has 1 atom stereocenters. The highest BCUT2D eigenvalue weighted by atomic mass is 16.2. The Bertz CT molecular complexity index is 718. The van der Waals surface area contributed by atoms with Crippen LogP contribution < -0.4 is 10.6 Å². The van der Waals surface area contributed by atoms with Crippen molar-refractivity contribution in [3.8, 4) is 0 Å². The first-order valence-corrected chi connectivity index (χ1v) is 8.27. The molecule has 2 aromatic rings. The van der Waals surface area contributed by atoms with Crippen molar-refractivity contribution in [2.24, 2.45) is 0 Å². The van der Waals surface area contributed by atoms with Gasteiger partial charge in [0.05, 0.1) is 6.04 Å². The van der Waals surface area contributed by atoms with Gasteiger partial charge in [0.25, 0.3) is 0 Å². The molecule has 6 heteroatoms. The summed E-state index contributed by atoms with van der Waals surface area (Å²) in [5.74, 6) is -0.000700. The second kappa shape index (κ2) is 8.82. The van der Waals surface area contributed by atoms with Crippen LogP contribution in [0.3, 0.4) is 0 Å². The quantitative estimate of drug-likeness (QED) is 0.847. The van der Waals surface area contributed by atoms with E-state index in [4.69, 9.17) is 0 Å². The van der Waals surface area contributed by atoms with Gasteiger partial charge in [-0.05, 0) is 41.8 Å². The minimum absolute atomic E-state index is 0.000700. The Morgan fingerprint density at radius 3 is 2.56 bits per heavy atom. The first-order valence-electron chi connectivity index (χ1n) is 8.27. The molecule has 0 aliphatic rings. The van der Waals surface area contributed by atoms with Crippen molar-refractivity contribution in [2.75, 3.05) is 12.4 Å². The smallest absolute Gasteiger partial charge is 0.319 e. The Morgan fingerprint density at radius 2 is 1.92 bits per heavy atom. The summed E-state index contributed by atoms with van der Waals surface area (Å²) >= 11 is 0. The Labute approximate surface area is 148 Å². The van der Waals surface area contributed by atoms with Crippen LogP contribution >= 0.6 is 0 Å². The summed E-state index contributed by atoms with van der Waals surface area (Å²) in [6.07, 6.45) is 4.21. The average molecular weight is 340 g/mol. The first kappa shape index (κ1) is 18.4. The lowest BCUT2D eigenvalue weighted by molar-refractivity contribution is -0.128. The molecule has 0 spiro atoms. The predicted molar refractivity (Wildman–Crippen MR) is 98.0 cm³/mol. The van der Waals surface area contributed by atoms with E-state index in [2.05, 4.69) is 15.6 Å². The van der Waals surface area contributed by atoms with Gasteiger partial charge in [0.1, 0.15) is 0 Å². The normalized spacial score (nSPS) is 11.5. The zero-order chi connectivity index (χ0) is 18.2. The SMILES string of the molecule is CCC(NC(=O)Nc1cccc(CN(C)C(C)=O)c1)c1ccncc1. The van der Waals surface area contributed by atoms with Gasteiger partial charge in [-0.25, -0.2) is 4.79 Å². The van der Waals surface area contributed by atoms with E-state index in [1.54, 1.807) is 24.3 Å². The molecule has 0 aliphatic carbocycles. The third-order valence-electron chi connectivity index (χ3n) is 3.96. The molecule has 1 unspecified atom stereocenters. The molecule has 25 heavy (non-hydrogen) atoms. The zero-order valence-electron chi connectivity index (χ0n) is 14.8. The number of hydrogen-bond donors (Lipinski definition) is 2. The van der Waals surface area contributed by atoms with Crippen LogP contribution in [0, 0.1) is 0 Å². The molecule has 1 heterocycles. The van der Waals surface area contributed by atoms with Crippen LogP contribution in [0.25, 0.3) is 0 Å². The van der Waals surface area contributed by atoms with Gasteiger partial charge in [-0.2, -0.15) is 0 Å². The minimum Gasteiger partial charge on any atom is -0.342 e. The van der Waals surface area contributed by atoms with Crippen molar-refractivity contribution >= 4 is 17.6 Å². The van der Waals surface area contributed by atoms with Gasteiger partial charge in [-0.1, -0.05) is 19.1 Å². The number of carbonyl (C=O) groups excluding carboxylic acids is 2. The summed E-state index contributed by atoms with van der Waals surface area (Å²) in [5.41, 5.74) is 2.66. The Balaban J connectivity index is 1.99. The van der Waals surface area contributed by atoms with Gasteiger partial charge >= 0.3 is 6.03 Å². The predicted octanol–water partition coefficient (Wildman–Crippen LogP) is 3.33. The molecule has 0 fully saturated rings. The van der Waals surface area contributed by atoms with Crippen LogP contribution in [-0.4, -0.2) is 28.9 Å². The number of hydrogen-bond acceptors (Lipinski definition) is 3. The molecule has 0 radical (unpaired) electrons. The zero-order valence-corrected chi connectivity index (χ0v) is 14.8. The van der Waals surface area contributed by atoms with E-state index >= 15 is 0 Å². The number of nitrogens with one attached hydrogen (secondary N) is 2. The second-order valence-corrected chi connectivity index (χ2v) is 5.92. The Hall–Kier alpha value is -2.89. The summed E-state index contributed by atoms with van der Waals surface area (Å²) < 4.78 is 0. The topological polar surface area (TPSA) is 74.3 Å². The molecule has 1 aromatic heterocycles. The molecule has 0 bridgehead atoms. The molecule has 0 saturated carbocycles. The second-order valence-electron chi connectivity index (χ2n) is 5.92. The molecule has 2 N–H and O–H groups in total. The number of carbonyl (C=O) groups is 2. The third kappa shape index (κ3) is 5.60. The molecular formula is C19H24N4O2. The highest BCUT2D eigenvalue weighted by Gasteiger charge is 2.13. The standard InChI is InChI=1S/C19H24N4O2/c1-4-18(16-8-10-20-11-9-16)22-19(25)21-17-7-5-6-15(12-17)13-23(3)14(2)24/h5-12,18H,4,13H2,1-3H3,(H2,21,22,25). The molecule has 132 valence electrons. The van der Waals surface area contributed by atoms with Gasteiger partial charge in [0.15, 0.2) is 0 Å². The van der Waals surface area contributed by atoms with Crippen LogP contribution in [0.5, 0.6) is 0 Å². The lowest BCUT2D eigenvalue weighted by Crippen LogP contribution is -2.32. The minimum atomic E-state index is -0.263. The molecular weight excluding hydrogens is 316 g/mol. The fourth-order valence-corrected chi connectivity index (χ4v) is 2.47. The summed E-state index contributed by atoms with van der Waals surface area (Å²) in [6, 6.07) is 10.9. The van der Waals surface area contributed by atoms with Crippen LogP contribution in [-0.2, 0) is 11.3 Å². The van der Waals surface area contributed by atoms with E-state index in [-0.39, 0.29) is 18.0 Å². The molecule has 6 nitrogen and oxygen atoms in total. The molecule has 0 aliphatic heterocycles. The summed E-state index contributed by atoms with van der Waals surface area (Å²) in [5, 5.41) is 5.82. The van der Waals surface area contributed by atoms with Crippen LogP contribution in [0.2, 0.25) is 0 Å². The molecule has 1 aromatic carbocycles. The van der Waals surface area contributed by atoms with Gasteiger partial charge in [-0.15, -0.1) is 0 Å². The van der Waals surface area contributed by atoms with Crippen molar-refractivity contribution in [1.82, 2.24) is 15.2 Å². The van der Waals surface area contributed by atoms with Crippen molar-refractivity contribution in [2.45, 2.75) is 32.9 Å². The number of nitrogens with zero attached hydrogens (tertiary/aromatic N) is 2. The van der Waals surface area contributed by atoms with E-state index in [1.807, 2.05) is 43.3 Å². The molecule has 3 amide bonds. The third-order valence-corrected chi connectivity index (χ3v) is 3.96. The fourth-order valence-electron chi connectivity index (χ4n) is 2.47. The molecule has 0 saturated heterocycles. The van der Waals surface area contributed by atoms with Crippen molar-refractivity contribution in [1.29, 1.82) is 0 Å². The lowest BCUT2D eigenvalue weighted by Gasteiger charge is -2.18. The van der Waals surface area contributed by atoms with Gasteiger partial charge < -0.3 is 15.5 Å². The number of urea groups is 1. The van der Waals surface area contributed by atoms with Gasteiger partial charge in [0, 0.05) is 38.6 Å². The maximum atomic E-state index is 12.3. The number of anilines is 1. The van der Waals surface area contributed by atoms with E-state index in [9.17, 15) is 9.59 Å². The van der Waals surface area contributed by atoms with Crippen molar-refractivity contribution in [3.05, 3.63) is 59.9 Å². The number of pyridine rings is 1. The average Bonchev–Trinajstić information content (AvgIpc) is 2.60. The molecule has 2 rings (SSSR count). The van der Waals surface area contributed by atoms with Crippen molar-refractivity contribution < 1.29 is 9.59 Å². The highest BCUT2D eigenvalue weighted by molar-refractivity contribution is 5.89. The van der Waals surface area contributed by atoms with Gasteiger partial charge in [0.2, 0.25) is 5.91 Å². The lowest BCUT2D eigenvalue weighted by atomic mass is 10.1. The maximum absolute atomic E-state index is 12.3. The van der Waals surface area contributed by atoms with E-state index in [1.165, 1.54) is 6.92 Å². The summed E-state index contributed by atoms with van der Waals surface area (Å²) in [7, 11) is 1.75. The number of rotatable bonds is 6. The van der Waals surface area contributed by atoms with Crippen molar-refractivity contribution in [3.63, 3.8) is 0 Å². The largest absolute Gasteiger partial charge is 0.342 e. The summed E-state index contributed by atoms with van der Waals surface area (Å²) in [4.78, 5) is 29.3. The summed E-state index contributed by atoms with van der Waals surface area (Å²) in [6.45, 7) is 4.05.